The van der Waals surface area contributed by atoms with Crippen LogP contribution in [0.1, 0.15) is 5.56 Å². The molecule has 1 aliphatic rings. The number of fused-ring (bicyclic) bond motifs is 1. The van der Waals surface area contributed by atoms with Crippen molar-refractivity contribution >= 4 is 28.5 Å². The van der Waals surface area contributed by atoms with Gasteiger partial charge in [0.25, 0.3) is 0 Å². The van der Waals surface area contributed by atoms with Gasteiger partial charge in [-0.15, -0.1) is 0 Å². The lowest BCUT2D eigenvalue weighted by atomic mass is 9.97. The van der Waals surface area contributed by atoms with Crippen LogP contribution in [0, 0.1) is 0 Å². The maximum absolute atomic E-state index is 6.01. The second-order valence-corrected chi connectivity index (χ2v) is 8.01. The molecular formula is C24H27N7O3. The van der Waals surface area contributed by atoms with E-state index in [0.29, 0.717) is 23.4 Å². The highest BCUT2D eigenvalue weighted by Gasteiger charge is 2.18. The van der Waals surface area contributed by atoms with Crippen LogP contribution in [0.25, 0.3) is 22.2 Å². The summed E-state index contributed by atoms with van der Waals surface area (Å²) in [4.78, 5) is 10.7. The summed E-state index contributed by atoms with van der Waals surface area (Å²) in [7, 11) is 3.34. The quantitative estimate of drug-likeness (QED) is 0.445. The van der Waals surface area contributed by atoms with Gasteiger partial charge in [0.05, 0.1) is 45.6 Å². The first-order valence-corrected chi connectivity index (χ1v) is 11.0. The first-order valence-electron chi connectivity index (χ1n) is 11.0. The number of methoxy groups -OCH3 is 2. The monoisotopic (exact) mass is 461 g/mol. The number of hydrogen-bond donors (Lipinski definition) is 2. The smallest absolute Gasteiger partial charge is 0.224 e. The SMILES string of the molecule is COc1ccc(Cn2ncc3c(N)nc(N)nc32)c(-c2ccc(N3CCOCC3)cc2OC)c1. The summed E-state index contributed by atoms with van der Waals surface area (Å²) in [5.41, 5.74) is 16.5. The zero-order chi connectivity index (χ0) is 23.7. The average Bonchev–Trinajstić information content (AvgIpc) is 3.27. The summed E-state index contributed by atoms with van der Waals surface area (Å²) < 4.78 is 18.6. The minimum atomic E-state index is 0.113. The third kappa shape index (κ3) is 4.03. The molecule has 0 spiro atoms. The van der Waals surface area contributed by atoms with Gasteiger partial charge in [-0.3, -0.25) is 0 Å². The van der Waals surface area contributed by atoms with Crippen LogP contribution in [-0.4, -0.2) is 60.3 Å². The molecular weight excluding hydrogens is 434 g/mol. The summed E-state index contributed by atoms with van der Waals surface area (Å²) >= 11 is 0. The Morgan fingerprint density at radius 1 is 0.971 bits per heavy atom. The van der Waals surface area contributed by atoms with E-state index in [1.807, 2.05) is 18.2 Å². The Labute approximate surface area is 197 Å². The van der Waals surface area contributed by atoms with Crippen LogP contribution in [0.2, 0.25) is 0 Å². The molecule has 0 unspecified atom stereocenters. The number of rotatable bonds is 6. The van der Waals surface area contributed by atoms with E-state index in [9.17, 15) is 0 Å². The van der Waals surface area contributed by atoms with E-state index in [0.717, 1.165) is 60.2 Å². The number of anilines is 3. The van der Waals surface area contributed by atoms with Crippen molar-refractivity contribution in [3.05, 3.63) is 48.2 Å². The Morgan fingerprint density at radius 2 is 1.79 bits per heavy atom. The standard InChI is InChI=1S/C24H27N7O3/c1-32-17-5-3-15(14-31-23-20(13-27-31)22(25)28-24(26)29-23)19(12-17)18-6-4-16(11-21(18)33-2)30-7-9-34-10-8-30/h3-6,11-13H,7-10,14H2,1-2H3,(H4,25,26,28,29). The molecule has 0 atom stereocenters. The molecule has 2 aromatic carbocycles. The van der Waals surface area contributed by atoms with Gasteiger partial charge < -0.3 is 30.6 Å². The number of nitrogen functional groups attached to an aromatic ring is 2. The summed E-state index contributed by atoms with van der Waals surface area (Å²) in [6, 6.07) is 12.2. The lowest BCUT2D eigenvalue weighted by Gasteiger charge is -2.29. The van der Waals surface area contributed by atoms with Crippen molar-refractivity contribution in [2.75, 3.05) is 56.9 Å². The maximum Gasteiger partial charge on any atom is 0.224 e. The predicted octanol–water partition coefficient (Wildman–Crippen LogP) is 2.56. The van der Waals surface area contributed by atoms with Crippen LogP contribution >= 0.6 is 0 Å². The largest absolute Gasteiger partial charge is 0.497 e. The fraction of sp³-hybridized carbons (Fsp3) is 0.292. The van der Waals surface area contributed by atoms with Crippen LogP contribution in [0.15, 0.2) is 42.6 Å². The van der Waals surface area contributed by atoms with E-state index in [2.05, 4.69) is 38.2 Å². The molecule has 1 aliphatic heterocycles. The van der Waals surface area contributed by atoms with Gasteiger partial charge in [-0.25, -0.2) is 4.68 Å². The number of morpholine rings is 1. The van der Waals surface area contributed by atoms with E-state index < -0.39 is 0 Å². The van der Waals surface area contributed by atoms with Crippen molar-refractivity contribution in [3.8, 4) is 22.6 Å². The zero-order valence-electron chi connectivity index (χ0n) is 19.2. The van der Waals surface area contributed by atoms with Gasteiger partial charge in [-0.1, -0.05) is 6.07 Å². The van der Waals surface area contributed by atoms with Crippen molar-refractivity contribution in [2.24, 2.45) is 0 Å². The van der Waals surface area contributed by atoms with Crippen molar-refractivity contribution in [1.82, 2.24) is 19.7 Å². The first kappa shape index (κ1) is 21.8. The molecule has 0 radical (unpaired) electrons. The van der Waals surface area contributed by atoms with Gasteiger partial charge in [-0.05, 0) is 35.4 Å². The lowest BCUT2D eigenvalue weighted by molar-refractivity contribution is 0.122. The van der Waals surface area contributed by atoms with E-state index in [1.165, 1.54) is 0 Å². The van der Waals surface area contributed by atoms with Crippen LogP contribution < -0.4 is 25.8 Å². The van der Waals surface area contributed by atoms with Gasteiger partial charge in [0.15, 0.2) is 5.65 Å². The van der Waals surface area contributed by atoms with Gasteiger partial charge in [0.1, 0.15) is 17.3 Å². The van der Waals surface area contributed by atoms with E-state index in [4.69, 9.17) is 25.7 Å². The summed E-state index contributed by atoms with van der Waals surface area (Å²) in [5, 5.41) is 5.15. The second kappa shape index (κ2) is 9.06. The van der Waals surface area contributed by atoms with Crippen LogP contribution in [0.3, 0.4) is 0 Å². The van der Waals surface area contributed by atoms with Crippen LogP contribution in [0.4, 0.5) is 17.5 Å². The fourth-order valence-electron chi connectivity index (χ4n) is 4.26. The molecule has 0 bridgehead atoms. The minimum Gasteiger partial charge on any atom is -0.497 e. The third-order valence-corrected chi connectivity index (χ3v) is 6.03. The molecule has 0 amide bonds. The minimum absolute atomic E-state index is 0.113. The molecule has 10 nitrogen and oxygen atoms in total. The number of nitrogens with two attached hydrogens (primary N) is 2. The molecule has 2 aromatic heterocycles. The highest BCUT2D eigenvalue weighted by Crippen LogP contribution is 2.38. The zero-order valence-corrected chi connectivity index (χ0v) is 19.2. The van der Waals surface area contributed by atoms with E-state index in [-0.39, 0.29) is 5.95 Å². The van der Waals surface area contributed by atoms with Gasteiger partial charge in [0.2, 0.25) is 5.95 Å². The Hall–Kier alpha value is -4.05. The number of ether oxygens (including phenoxy) is 3. The topological polar surface area (TPSA) is 127 Å². The highest BCUT2D eigenvalue weighted by molar-refractivity contribution is 5.86. The second-order valence-electron chi connectivity index (χ2n) is 8.01. The number of nitrogens with zero attached hydrogens (tertiary/aromatic N) is 5. The Balaban J connectivity index is 1.57. The summed E-state index contributed by atoms with van der Waals surface area (Å²) in [6.45, 7) is 3.61. The summed E-state index contributed by atoms with van der Waals surface area (Å²) in [5.74, 6) is 1.95. The van der Waals surface area contributed by atoms with Crippen LogP contribution in [-0.2, 0) is 11.3 Å². The molecule has 10 heteroatoms. The molecule has 0 aliphatic carbocycles. The lowest BCUT2D eigenvalue weighted by Crippen LogP contribution is -2.36. The molecule has 5 rings (SSSR count). The molecule has 3 heterocycles. The molecule has 34 heavy (non-hydrogen) atoms. The first-order chi connectivity index (χ1) is 16.6. The predicted molar refractivity (Wildman–Crippen MR) is 131 cm³/mol. The highest BCUT2D eigenvalue weighted by atomic mass is 16.5. The molecule has 1 saturated heterocycles. The van der Waals surface area contributed by atoms with Crippen molar-refractivity contribution < 1.29 is 14.2 Å². The Kier molecular flexibility index (Phi) is 5.81. The Bertz CT molecular complexity index is 1330. The normalized spacial score (nSPS) is 13.9. The maximum atomic E-state index is 6.01. The van der Waals surface area contributed by atoms with E-state index >= 15 is 0 Å². The number of benzene rings is 2. The number of aromatic nitrogens is 4. The van der Waals surface area contributed by atoms with Crippen molar-refractivity contribution in [1.29, 1.82) is 0 Å². The average molecular weight is 462 g/mol. The molecule has 4 N–H and O–H groups in total. The number of hydrogen-bond acceptors (Lipinski definition) is 9. The van der Waals surface area contributed by atoms with Gasteiger partial charge >= 0.3 is 0 Å². The Morgan fingerprint density at radius 3 is 2.56 bits per heavy atom. The summed E-state index contributed by atoms with van der Waals surface area (Å²) in [6.07, 6.45) is 1.66. The molecule has 176 valence electrons. The molecule has 0 saturated carbocycles. The van der Waals surface area contributed by atoms with E-state index in [1.54, 1.807) is 25.1 Å². The molecule has 4 aromatic rings. The van der Waals surface area contributed by atoms with Gasteiger partial charge in [0, 0.05) is 30.4 Å². The van der Waals surface area contributed by atoms with Crippen LogP contribution in [0.5, 0.6) is 11.5 Å². The third-order valence-electron chi connectivity index (χ3n) is 6.03. The van der Waals surface area contributed by atoms with Crippen molar-refractivity contribution in [2.45, 2.75) is 6.54 Å². The molecule has 1 fully saturated rings. The fourth-order valence-corrected chi connectivity index (χ4v) is 4.26. The van der Waals surface area contributed by atoms with Gasteiger partial charge in [-0.2, -0.15) is 15.1 Å². The van der Waals surface area contributed by atoms with Crippen molar-refractivity contribution in [3.63, 3.8) is 0 Å².